The minimum absolute atomic E-state index is 0. The van der Waals surface area contributed by atoms with Gasteiger partial charge in [-0.1, -0.05) is 0 Å². The molecule has 0 aromatic heterocycles. The first-order chi connectivity index (χ1) is 5.70. The number of hydrogen-bond donors (Lipinski definition) is 2. The van der Waals surface area contributed by atoms with Crippen molar-refractivity contribution >= 4 is 66.8 Å². The third kappa shape index (κ3) is 10.6. The minimum atomic E-state index is -0.430. The summed E-state index contributed by atoms with van der Waals surface area (Å²) >= 11 is 7.36. The Morgan fingerprint density at radius 2 is 1.23 bits per heavy atom. The normalized spacial score (nSPS) is 8.46. The van der Waals surface area contributed by atoms with E-state index in [0.717, 1.165) is 0 Å². The summed E-state index contributed by atoms with van der Waals surface area (Å²) in [5.41, 5.74) is 0. The number of thiol groups is 2. The van der Waals surface area contributed by atoms with Crippen molar-refractivity contribution < 1.29 is 19.1 Å². The maximum absolute atomic E-state index is 10.5. The summed E-state index contributed by atoms with van der Waals surface area (Å²) in [6, 6.07) is 0. The predicted molar refractivity (Wildman–Crippen MR) is 56.8 cm³/mol. The van der Waals surface area contributed by atoms with Crippen LogP contribution in [0, 0.1) is 0 Å². The third-order valence-corrected chi connectivity index (χ3v) is 1.38. The molecule has 0 aliphatic carbocycles. The molecule has 0 rings (SSSR count). The molecular weight excluding hydrogens is 223 g/mol. The van der Waals surface area contributed by atoms with Crippen LogP contribution in [0.3, 0.4) is 0 Å². The molecule has 0 unspecified atom stereocenters. The van der Waals surface area contributed by atoms with Crippen LogP contribution in [0.1, 0.15) is 0 Å². The van der Waals surface area contributed by atoms with Gasteiger partial charge in [-0.25, -0.2) is 0 Å². The van der Waals surface area contributed by atoms with Crippen LogP contribution in [0.5, 0.6) is 0 Å². The standard InChI is InChI=1S/C6H10O4S2.Na.H/c7-5(3-11)9-1-2-10-6(8)4-12;;/h11-12H,1-4H2;;. The molecular formula is C6H11NaO4S2. The van der Waals surface area contributed by atoms with Crippen molar-refractivity contribution in [1.29, 1.82) is 0 Å². The zero-order chi connectivity index (χ0) is 9.40. The van der Waals surface area contributed by atoms with Crippen LogP contribution in [0.15, 0.2) is 0 Å². The van der Waals surface area contributed by atoms with Gasteiger partial charge in [-0.3, -0.25) is 9.59 Å². The molecule has 0 fully saturated rings. The second-order valence-corrected chi connectivity index (χ2v) is 2.39. The van der Waals surface area contributed by atoms with Gasteiger partial charge in [0, 0.05) is 0 Å². The molecule has 0 aliphatic heterocycles. The van der Waals surface area contributed by atoms with Gasteiger partial charge < -0.3 is 9.47 Å². The molecule has 0 heterocycles. The molecule has 0 radical (unpaired) electrons. The molecule has 0 saturated carbocycles. The summed E-state index contributed by atoms with van der Waals surface area (Å²) in [6.07, 6.45) is 0. The van der Waals surface area contributed by atoms with E-state index in [9.17, 15) is 9.59 Å². The van der Waals surface area contributed by atoms with Crippen molar-refractivity contribution in [3.63, 3.8) is 0 Å². The Kier molecular flexibility index (Phi) is 13.3. The van der Waals surface area contributed by atoms with Crippen molar-refractivity contribution in [2.75, 3.05) is 24.7 Å². The van der Waals surface area contributed by atoms with E-state index in [1.807, 2.05) is 0 Å². The van der Waals surface area contributed by atoms with E-state index in [4.69, 9.17) is 0 Å². The van der Waals surface area contributed by atoms with Crippen molar-refractivity contribution in [3.05, 3.63) is 0 Å². The zero-order valence-corrected chi connectivity index (χ0v) is 8.14. The number of hydrogen-bond acceptors (Lipinski definition) is 6. The Balaban J connectivity index is 0. The monoisotopic (exact) mass is 234 g/mol. The van der Waals surface area contributed by atoms with Crippen molar-refractivity contribution in [2.24, 2.45) is 0 Å². The fourth-order valence-corrected chi connectivity index (χ4v) is 0.585. The number of ether oxygens (including phenoxy) is 2. The van der Waals surface area contributed by atoms with Crippen LogP contribution in [0.25, 0.3) is 0 Å². The van der Waals surface area contributed by atoms with E-state index in [-0.39, 0.29) is 54.3 Å². The molecule has 0 N–H and O–H groups in total. The van der Waals surface area contributed by atoms with E-state index in [2.05, 4.69) is 34.7 Å². The van der Waals surface area contributed by atoms with Gasteiger partial charge in [-0.15, -0.1) is 0 Å². The second kappa shape index (κ2) is 10.7. The first kappa shape index (κ1) is 16.1. The fraction of sp³-hybridized carbons (Fsp3) is 0.667. The van der Waals surface area contributed by atoms with Gasteiger partial charge in [0.25, 0.3) is 0 Å². The molecule has 13 heavy (non-hydrogen) atoms. The number of rotatable bonds is 5. The van der Waals surface area contributed by atoms with Gasteiger partial charge in [0.05, 0.1) is 11.5 Å². The van der Waals surface area contributed by atoms with Crippen molar-refractivity contribution in [2.45, 2.75) is 0 Å². The fourth-order valence-electron chi connectivity index (χ4n) is 0.402. The summed E-state index contributed by atoms with van der Waals surface area (Å²) in [5.74, 6) is -0.804. The van der Waals surface area contributed by atoms with Gasteiger partial charge in [0.1, 0.15) is 13.2 Å². The van der Waals surface area contributed by atoms with Gasteiger partial charge in [-0.05, 0) is 0 Å². The average molecular weight is 234 g/mol. The molecule has 0 bridgehead atoms. The first-order valence-electron chi connectivity index (χ1n) is 3.23. The Labute approximate surface area is 110 Å². The summed E-state index contributed by atoms with van der Waals surface area (Å²) in [4.78, 5) is 20.9. The van der Waals surface area contributed by atoms with Gasteiger partial charge in [0.15, 0.2) is 0 Å². The summed E-state index contributed by atoms with van der Waals surface area (Å²) < 4.78 is 9.14. The van der Waals surface area contributed by atoms with E-state index in [0.29, 0.717) is 0 Å². The maximum atomic E-state index is 10.5. The van der Waals surface area contributed by atoms with E-state index in [1.165, 1.54) is 0 Å². The topological polar surface area (TPSA) is 52.6 Å². The Bertz CT molecular complexity index is 147. The molecule has 0 saturated heterocycles. The third-order valence-electron chi connectivity index (χ3n) is 0.868. The number of carbonyl (C=O) groups excluding carboxylic acids is 2. The second-order valence-electron chi connectivity index (χ2n) is 1.76. The van der Waals surface area contributed by atoms with Crippen LogP contribution in [-0.4, -0.2) is 66.2 Å². The molecule has 0 aromatic rings. The molecule has 72 valence electrons. The Morgan fingerprint density at radius 3 is 1.46 bits per heavy atom. The van der Waals surface area contributed by atoms with Gasteiger partial charge >= 0.3 is 41.5 Å². The first-order valence-corrected chi connectivity index (χ1v) is 4.50. The molecule has 0 aromatic carbocycles. The van der Waals surface area contributed by atoms with Crippen LogP contribution in [0.4, 0.5) is 0 Å². The van der Waals surface area contributed by atoms with Gasteiger partial charge in [0.2, 0.25) is 0 Å². The van der Waals surface area contributed by atoms with Crippen molar-refractivity contribution in [1.82, 2.24) is 0 Å². The predicted octanol–water partition coefficient (Wildman–Crippen LogP) is -0.716. The van der Waals surface area contributed by atoms with E-state index < -0.39 is 11.9 Å². The Morgan fingerprint density at radius 1 is 0.923 bits per heavy atom. The molecule has 0 spiro atoms. The number of esters is 2. The quantitative estimate of drug-likeness (QED) is 0.285. The zero-order valence-electron chi connectivity index (χ0n) is 6.36. The van der Waals surface area contributed by atoms with Crippen LogP contribution >= 0.6 is 25.3 Å². The molecule has 0 amide bonds. The number of carbonyl (C=O) groups is 2. The molecule has 0 atom stereocenters. The van der Waals surface area contributed by atoms with Crippen LogP contribution in [0.2, 0.25) is 0 Å². The summed E-state index contributed by atoms with van der Waals surface area (Å²) in [5, 5.41) is 0. The molecule has 4 nitrogen and oxygen atoms in total. The Hall–Kier alpha value is 0.640. The SMILES string of the molecule is O=C(CS)OCCOC(=O)CS.[NaH]. The summed E-state index contributed by atoms with van der Waals surface area (Å²) in [7, 11) is 0. The molecule has 0 aliphatic rings. The van der Waals surface area contributed by atoms with E-state index >= 15 is 0 Å². The molecule has 7 heteroatoms. The summed E-state index contributed by atoms with van der Waals surface area (Å²) in [6.45, 7) is 0.137. The van der Waals surface area contributed by atoms with Crippen molar-refractivity contribution in [3.8, 4) is 0 Å². The average Bonchev–Trinajstić information content (AvgIpc) is 2.11. The van der Waals surface area contributed by atoms with Crippen LogP contribution in [-0.2, 0) is 19.1 Å². The van der Waals surface area contributed by atoms with E-state index in [1.54, 1.807) is 0 Å². The van der Waals surface area contributed by atoms with Crippen LogP contribution < -0.4 is 0 Å². The van der Waals surface area contributed by atoms with Gasteiger partial charge in [-0.2, -0.15) is 25.3 Å².